The summed E-state index contributed by atoms with van der Waals surface area (Å²) in [5.41, 5.74) is 2.02. The topological polar surface area (TPSA) is 99.8 Å². The molecule has 0 spiro atoms. The maximum atomic E-state index is 12.4. The third-order valence-electron chi connectivity index (χ3n) is 2.90. The number of aryl methyl sites for hydroxylation is 2. The van der Waals surface area contributed by atoms with E-state index in [9.17, 15) is 8.42 Å². The first-order valence-corrected chi connectivity index (χ1v) is 8.47. The van der Waals surface area contributed by atoms with Crippen molar-refractivity contribution >= 4 is 31.8 Å². The molecule has 0 aliphatic rings. The minimum Gasteiger partial charge on any atom is -0.316 e. The molecule has 9 heteroatoms. The highest BCUT2D eigenvalue weighted by atomic mass is 79.9. The zero-order chi connectivity index (χ0) is 15.6. The van der Waals surface area contributed by atoms with Crippen LogP contribution in [-0.2, 0) is 16.6 Å². The van der Waals surface area contributed by atoms with Crippen LogP contribution in [-0.4, -0.2) is 30.6 Å². The van der Waals surface area contributed by atoms with Crippen molar-refractivity contribution in [1.29, 1.82) is 0 Å². The highest BCUT2D eigenvalue weighted by Crippen LogP contribution is 2.21. The van der Waals surface area contributed by atoms with Gasteiger partial charge in [0.1, 0.15) is 5.82 Å². The van der Waals surface area contributed by atoms with Gasteiger partial charge in [-0.15, -0.1) is 0 Å². The number of rotatable bonds is 5. The van der Waals surface area contributed by atoms with Gasteiger partial charge in [-0.3, -0.25) is 9.82 Å². The summed E-state index contributed by atoms with van der Waals surface area (Å²) in [6.45, 7) is 3.97. The molecule has 2 rings (SSSR count). The second-order valence-electron chi connectivity index (χ2n) is 4.53. The van der Waals surface area contributed by atoms with Gasteiger partial charge < -0.3 is 5.32 Å². The van der Waals surface area contributed by atoms with Crippen molar-refractivity contribution in [3.05, 3.63) is 33.6 Å². The average molecular weight is 374 g/mol. The summed E-state index contributed by atoms with van der Waals surface area (Å²) >= 11 is 3.32. The van der Waals surface area contributed by atoms with Gasteiger partial charge in [0.15, 0.2) is 0 Å². The SMILES string of the molecule is CNCc1c(S(=O)(=O)Nc2ccc(Br)c(C)n2)n[nH]c1C. The molecule has 114 valence electrons. The van der Waals surface area contributed by atoms with Gasteiger partial charge in [0, 0.05) is 22.3 Å². The van der Waals surface area contributed by atoms with Crippen molar-refractivity contribution in [2.45, 2.75) is 25.4 Å². The molecule has 0 aliphatic heterocycles. The number of hydrogen-bond acceptors (Lipinski definition) is 5. The van der Waals surface area contributed by atoms with Crippen LogP contribution in [0.1, 0.15) is 17.0 Å². The average Bonchev–Trinajstić information content (AvgIpc) is 2.77. The fraction of sp³-hybridized carbons (Fsp3) is 0.333. The van der Waals surface area contributed by atoms with Gasteiger partial charge in [-0.1, -0.05) is 0 Å². The van der Waals surface area contributed by atoms with Gasteiger partial charge in [-0.25, -0.2) is 4.98 Å². The molecule has 0 bridgehead atoms. The second kappa shape index (κ2) is 6.12. The molecule has 7 nitrogen and oxygen atoms in total. The van der Waals surface area contributed by atoms with Gasteiger partial charge in [0.25, 0.3) is 10.0 Å². The van der Waals surface area contributed by atoms with Crippen molar-refractivity contribution < 1.29 is 8.42 Å². The summed E-state index contributed by atoms with van der Waals surface area (Å²) in [4.78, 5) is 4.18. The van der Waals surface area contributed by atoms with Crippen LogP contribution in [0, 0.1) is 13.8 Å². The van der Waals surface area contributed by atoms with E-state index in [-0.39, 0.29) is 10.8 Å². The van der Waals surface area contributed by atoms with Crippen LogP contribution in [0.2, 0.25) is 0 Å². The number of pyridine rings is 1. The molecule has 3 N–H and O–H groups in total. The molecule has 21 heavy (non-hydrogen) atoms. The minimum absolute atomic E-state index is 0.0169. The van der Waals surface area contributed by atoms with E-state index in [1.54, 1.807) is 33.0 Å². The molecule has 2 aromatic heterocycles. The van der Waals surface area contributed by atoms with E-state index in [1.807, 2.05) is 0 Å². The Morgan fingerprint density at radius 2 is 2.05 bits per heavy atom. The number of aromatic nitrogens is 3. The third kappa shape index (κ3) is 3.42. The quantitative estimate of drug-likeness (QED) is 0.740. The lowest BCUT2D eigenvalue weighted by molar-refractivity contribution is 0.594. The molecule has 0 aromatic carbocycles. The van der Waals surface area contributed by atoms with Crippen molar-refractivity contribution in [3.8, 4) is 0 Å². The Morgan fingerprint density at radius 1 is 1.33 bits per heavy atom. The van der Waals surface area contributed by atoms with Gasteiger partial charge in [-0.05, 0) is 49.0 Å². The largest absolute Gasteiger partial charge is 0.316 e. The van der Waals surface area contributed by atoms with Crippen molar-refractivity contribution in [2.75, 3.05) is 11.8 Å². The summed E-state index contributed by atoms with van der Waals surface area (Å²) in [5, 5.41) is 9.50. The van der Waals surface area contributed by atoms with E-state index < -0.39 is 10.0 Å². The molecule has 0 atom stereocenters. The van der Waals surface area contributed by atoms with E-state index in [4.69, 9.17) is 0 Å². The van der Waals surface area contributed by atoms with E-state index >= 15 is 0 Å². The molecule has 0 aliphatic carbocycles. The van der Waals surface area contributed by atoms with Crippen LogP contribution in [0.3, 0.4) is 0 Å². The first-order valence-electron chi connectivity index (χ1n) is 6.19. The number of aromatic amines is 1. The Kier molecular flexibility index (Phi) is 4.64. The zero-order valence-corrected chi connectivity index (χ0v) is 14.3. The lowest BCUT2D eigenvalue weighted by atomic mass is 10.3. The molecule has 0 saturated carbocycles. The lowest BCUT2D eigenvalue weighted by Crippen LogP contribution is -2.18. The molecule has 0 amide bonds. The van der Waals surface area contributed by atoms with Crippen LogP contribution in [0.25, 0.3) is 0 Å². The first kappa shape index (κ1) is 15.9. The van der Waals surface area contributed by atoms with Gasteiger partial charge in [0.2, 0.25) is 5.03 Å². The second-order valence-corrected chi connectivity index (χ2v) is 6.98. The fourth-order valence-electron chi connectivity index (χ4n) is 1.82. The number of nitrogens with one attached hydrogen (secondary N) is 3. The van der Waals surface area contributed by atoms with E-state index in [2.05, 4.69) is 41.2 Å². The third-order valence-corrected chi connectivity index (χ3v) is 5.07. The molecular weight excluding hydrogens is 358 g/mol. The number of sulfonamides is 1. The molecule has 0 saturated heterocycles. The Labute approximate surface area is 131 Å². The number of hydrogen-bond donors (Lipinski definition) is 3. The normalized spacial score (nSPS) is 11.6. The number of H-pyrrole nitrogens is 1. The van der Waals surface area contributed by atoms with Crippen LogP contribution in [0.15, 0.2) is 21.6 Å². The lowest BCUT2D eigenvalue weighted by Gasteiger charge is -2.08. The predicted octanol–water partition coefficient (Wildman–Crippen LogP) is 1.70. The summed E-state index contributed by atoms with van der Waals surface area (Å²) in [5.74, 6) is 0.256. The molecule has 0 radical (unpaired) electrons. The standard InChI is InChI=1S/C12H16BrN5O2S/c1-7-9(6-14-3)12(17-16-7)21(19,20)18-11-5-4-10(13)8(2)15-11/h4-5,14H,6H2,1-3H3,(H,15,18)(H,16,17). The maximum absolute atomic E-state index is 12.4. The Morgan fingerprint density at radius 3 is 2.67 bits per heavy atom. The van der Waals surface area contributed by atoms with E-state index in [0.717, 1.165) is 4.47 Å². The highest BCUT2D eigenvalue weighted by molar-refractivity contribution is 9.10. The van der Waals surface area contributed by atoms with Crippen molar-refractivity contribution in [3.63, 3.8) is 0 Å². The molecular formula is C12H16BrN5O2S. The Hall–Kier alpha value is -1.45. The monoisotopic (exact) mass is 373 g/mol. The zero-order valence-electron chi connectivity index (χ0n) is 11.9. The van der Waals surface area contributed by atoms with Gasteiger partial charge >= 0.3 is 0 Å². The van der Waals surface area contributed by atoms with Crippen LogP contribution < -0.4 is 10.0 Å². The summed E-state index contributed by atoms with van der Waals surface area (Å²) in [6, 6.07) is 3.33. The predicted molar refractivity (Wildman–Crippen MR) is 83.6 cm³/mol. The van der Waals surface area contributed by atoms with Crippen LogP contribution >= 0.6 is 15.9 Å². The summed E-state index contributed by atoms with van der Waals surface area (Å²) in [6.07, 6.45) is 0. The minimum atomic E-state index is -3.79. The number of nitrogens with zero attached hydrogens (tertiary/aromatic N) is 2. The highest BCUT2D eigenvalue weighted by Gasteiger charge is 2.24. The number of anilines is 1. The Balaban J connectivity index is 2.36. The molecule has 2 heterocycles. The molecule has 0 fully saturated rings. The van der Waals surface area contributed by atoms with E-state index in [1.165, 1.54) is 0 Å². The van der Waals surface area contributed by atoms with Crippen molar-refractivity contribution in [2.24, 2.45) is 0 Å². The van der Waals surface area contributed by atoms with Crippen molar-refractivity contribution in [1.82, 2.24) is 20.5 Å². The van der Waals surface area contributed by atoms with Crippen LogP contribution in [0.4, 0.5) is 5.82 Å². The molecule has 2 aromatic rings. The van der Waals surface area contributed by atoms with E-state index in [0.29, 0.717) is 23.5 Å². The van der Waals surface area contributed by atoms with Crippen LogP contribution in [0.5, 0.6) is 0 Å². The molecule has 0 unspecified atom stereocenters. The van der Waals surface area contributed by atoms with Gasteiger partial charge in [-0.2, -0.15) is 13.5 Å². The van der Waals surface area contributed by atoms with Gasteiger partial charge in [0.05, 0.1) is 5.69 Å². The fourth-order valence-corrected chi connectivity index (χ4v) is 3.25. The Bertz CT molecular complexity index is 757. The smallest absolute Gasteiger partial charge is 0.282 e. The maximum Gasteiger partial charge on any atom is 0.282 e. The number of halogens is 1. The summed E-state index contributed by atoms with van der Waals surface area (Å²) in [7, 11) is -2.04. The first-order chi connectivity index (χ1) is 9.85. The summed E-state index contributed by atoms with van der Waals surface area (Å²) < 4.78 is 28.1.